The molecule has 0 aliphatic rings. The molecule has 0 aliphatic carbocycles. The summed E-state index contributed by atoms with van der Waals surface area (Å²) in [4.78, 5) is 11.0. The molecule has 3 nitrogen and oxygen atoms in total. The van der Waals surface area contributed by atoms with Crippen molar-refractivity contribution in [2.24, 2.45) is 5.41 Å². The third-order valence-corrected chi connectivity index (χ3v) is 3.07. The molecule has 0 amide bonds. The molecule has 0 saturated carbocycles. The lowest BCUT2D eigenvalue weighted by atomic mass is 9.74. The predicted molar refractivity (Wildman–Crippen MR) is 54.2 cm³/mol. The minimum absolute atomic E-state index is 0.285. The molecule has 0 unspecified atom stereocenters. The summed E-state index contributed by atoms with van der Waals surface area (Å²) in [5, 5.41) is 11.6. The Morgan fingerprint density at radius 2 is 1.62 bits per heavy atom. The number of alkyl halides is 3. The standard InChI is InChI=1S/C10H18F3NO2/c1-8(2,7(15)16)9(3,4)14-6-5-10(11,12)13/h14H,5-6H2,1-4H3,(H,15,16). The lowest BCUT2D eigenvalue weighted by Gasteiger charge is -2.39. The summed E-state index contributed by atoms with van der Waals surface area (Å²) in [6.07, 6.45) is -5.19. The van der Waals surface area contributed by atoms with E-state index in [9.17, 15) is 18.0 Å². The fraction of sp³-hybridized carbons (Fsp3) is 0.900. The molecule has 0 spiro atoms. The third kappa shape index (κ3) is 4.00. The molecule has 0 rings (SSSR count). The van der Waals surface area contributed by atoms with Crippen molar-refractivity contribution >= 4 is 5.97 Å². The number of aliphatic carboxylic acids is 1. The summed E-state index contributed by atoms with van der Waals surface area (Å²) in [6.45, 7) is 5.84. The van der Waals surface area contributed by atoms with E-state index in [2.05, 4.69) is 5.32 Å². The van der Waals surface area contributed by atoms with Crippen LogP contribution < -0.4 is 5.32 Å². The van der Waals surface area contributed by atoms with Gasteiger partial charge in [-0.2, -0.15) is 13.2 Å². The second-order valence-electron chi connectivity index (χ2n) is 4.85. The minimum Gasteiger partial charge on any atom is -0.481 e. The van der Waals surface area contributed by atoms with Gasteiger partial charge in [-0.1, -0.05) is 0 Å². The Morgan fingerprint density at radius 1 is 1.19 bits per heavy atom. The molecule has 96 valence electrons. The maximum absolute atomic E-state index is 11.9. The van der Waals surface area contributed by atoms with E-state index < -0.39 is 29.5 Å². The molecule has 0 aliphatic heterocycles. The Labute approximate surface area is 93.0 Å². The number of hydrogen-bond acceptors (Lipinski definition) is 2. The summed E-state index contributed by atoms with van der Waals surface area (Å²) in [5.41, 5.74) is -2.05. The average molecular weight is 241 g/mol. The van der Waals surface area contributed by atoms with Crippen LogP contribution in [0.2, 0.25) is 0 Å². The number of carbonyl (C=O) groups is 1. The van der Waals surface area contributed by atoms with Gasteiger partial charge < -0.3 is 10.4 Å². The molecule has 0 atom stereocenters. The van der Waals surface area contributed by atoms with Crippen LogP contribution in [0.1, 0.15) is 34.1 Å². The Morgan fingerprint density at radius 3 is 1.94 bits per heavy atom. The zero-order chi connectivity index (χ0) is 13.2. The number of carboxylic acid groups (broad SMARTS) is 1. The van der Waals surface area contributed by atoms with E-state index >= 15 is 0 Å². The van der Waals surface area contributed by atoms with Crippen LogP contribution in [-0.2, 0) is 4.79 Å². The van der Waals surface area contributed by atoms with Crippen LogP contribution in [0.3, 0.4) is 0 Å². The van der Waals surface area contributed by atoms with E-state index in [1.54, 1.807) is 13.8 Å². The van der Waals surface area contributed by atoms with Gasteiger partial charge >= 0.3 is 12.1 Å². The van der Waals surface area contributed by atoms with Gasteiger partial charge in [0.1, 0.15) is 0 Å². The van der Waals surface area contributed by atoms with Gasteiger partial charge in [-0.25, -0.2) is 0 Å². The summed E-state index contributed by atoms with van der Waals surface area (Å²) in [7, 11) is 0. The normalized spacial score (nSPS) is 13.9. The molecule has 0 saturated heterocycles. The third-order valence-electron chi connectivity index (χ3n) is 3.07. The minimum atomic E-state index is -4.23. The van der Waals surface area contributed by atoms with Gasteiger partial charge in [-0.3, -0.25) is 4.79 Å². The maximum Gasteiger partial charge on any atom is 0.390 e. The molecule has 0 aromatic rings. The van der Waals surface area contributed by atoms with Gasteiger partial charge in [0.05, 0.1) is 11.8 Å². The summed E-state index contributed by atoms with van der Waals surface area (Å²) in [5.74, 6) is -1.04. The summed E-state index contributed by atoms with van der Waals surface area (Å²) >= 11 is 0. The van der Waals surface area contributed by atoms with Crippen molar-refractivity contribution in [3.05, 3.63) is 0 Å². The highest BCUT2D eigenvalue weighted by Gasteiger charge is 2.43. The van der Waals surface area contributed by atoms with E-state index in [0.29, 0.717) is 0 Å². The van der Waals surface area contributed by atoms with Crippen molar-refractivity contribution in [1.29, 1.82) is 0 Å². The molecular weight excluding hydrogens is 223 g/mol. The first-order valence-electron chi connectivity index (χ1n) is 4.95. The van der Waals surface area contributed by atoms with Crippen LogP contribution in [-0.4, -0.2) is 29.3 Å². The average Bonchev–Trinajstić information content (AvgIpc) is 2.00. The van der Waals surface area contributed by atoms with Crippen LogP contribution in [0.5, 0.6) is 0 Å². The van der Waals surface area contributed by atoms with Gasteiger partial charge in [0.15, 0.2) is 0 Å². The van der Waals surface area contributed by atoms with Crippen molar-refractivity contribution in [3.8, 4) is 0 Å². The van der Waals surface area contributed by atoms with Gasteiger partial charge in [0, 0.05) is 12.1 Å². The van der Waals surface area contributed by atoms with Gasteiger partial charge in [-0.05, 0) is 27.7 Å². The molecule has 0 fully saturated rings. The fourth-order valence-corrected chi connectivity index (χ4v) is 1.01. The zero-order valence-electron chi connectivity index (χ0n) is 9.90. The van der Waals surface area contributed by atoms with E-state index in [0.717, 1.165) is 0 Å². The first-order chi connectivity index (χ1) is 6.90. The highest BCUT2D eigenvalue weighted by atomic mass is 19.4. The Balaban J connectivity index is 4.42. The summed E-state index contributed by atoms with van der Waals surface area (Å²) in [6, 6.07) is 0. The SMILES string of the molecule is CC(C)(NCCC(F)(F)F)C(C)(C)C(=O)O. The van der Waals surface area contributed by atoms with Crippen molar-refractivity contribution in [3.63, 3.8) is 0 Å². The smallest absolute Gasteiger partial charge is 0.390 e. The Kier molecular flexibility index (Phi) is 4.38. The highest BCUT2D eigenvalue weighted by molar-refractivity contribution is 5.75. The molecule has 6 heteroatoms. The van der Waals surface area contributed by atoms with Crippen LogP contribution in [0.4, 0.5) is 13.2 Å². The molecule has 0 radical (unpaired) electrons. The zero-order valence-corrected chi connectivity index (χ0v) is 9.90. The molecule has 0 bridgehead atoms. The van der Waals surface area contributed by atoms with E-state index in [1.165, 1.54) is 13.8 Å². The molecular formula is C10H18F3NO2. The van der Waals surface area contributed by atoms with Crippen LogP contribution in [0.15, 0.2) is 0 Å². The number of nitrogens with one attached hydrogen (secondary N) is 1. The van der Waals surface area contributed by atoms with Crippen LogP contribution >= 0.6 is 0 Å². The van der Waals surface area contributed by atoms with Crippen molar-refractivity contribution in [1.82, 2.24) is 5.32 Å². The molecule has 0 heterocycles. The monoisotopic (exact) mass is 241 g/mol. The van der Waals surface area contributed by atoms with Gasteiger partial charge in [0.25, 0.3) is 0 Å². The number of hydrogen-bond donors (Lipinski definition) is 2. The van der Waals surface area contributed by atoms with E-state index in [1.807, 2.05) is 0 Å². The van der Waals surface area contributed by atoms with Crippen LogP contribution in [0, 0.1) is 5.41 Å². The van der Waals surface area contributed by atoms with Gasteiger partial charge in [0.2, 0.25) is 0 Å². The first kappa shape index (κ1) is 15.2. The van der Waals surface area contributed by atoms with Crippen LogP contribution in [0.25, 0.3) is 0 Å². The van der Waals surface area contributed by atoms with Crippen molar-refractivity contribution in [2.75, 3.05) is 6.54 Å². The molecule has 0 aromatic carbocycles. The lowest BCUT2D eigenvalue weighted by Crippen LogP contribution is -2.55. The quantitative estimate of drug-likeness (QED) is 0.777. The predicted octanol–water partition coefficient (Wildman–Crippen LogP) is 2.42. The number of rotatable bonds is 5. The molecule has 16 heavy (non-hydrogen) atoms. The first-order valence-corrected chi connectivity index (χ1v) is 4.95. The van der Waals surface area contributed by atoms with Gasteiger partial charge in [-0.15, -0.1) is 0 Å². The Bertz CT molecular complexity index is 259. The summed E-state index contributed by atoms with van der Waals surface area (Å²) < 4.78 is 35.8. The second-order valence-corrected chi connectivity index (χ2v) is 4.85. The van der Waals surface area contributed by atoms with E-state index in [-0.39, 0.29) is 6.54 Å². The lowest BCUT2D eigenvalue weighted by molar-refractivity contribution is -0.151. The van der Waals surface area contributed by atoms with Crippen molar-refractivity contribution in [2.45, 2.75) is 45.8 Å². The second kappa shape index (κ2) is 4.61. The maximum atomic E-state index is 11.9. The number of halogens is 3. The Hall–Kier alpha value is -0.780. The largest absolute Gasteiger partial charge is 0.481 e. The topological polar surface area (TPSA) is 49.3 Å². The molecule has 0 aromatic heterocycles. The number of carboxylic acids is 1. The fourth-order valence-electron chi connectivity index (χ4n) is 1.01. The van der Waals surface area contributed by atoms with E-state index in [4.69, 9.17) is 5.11 Å². The molecule has 2 N–H and O–H groups in total. The van der Waals surface area contributed by atoms with Crippen molar-refractivity contribution < 1.29 is 23.1 Å². The highest BCUT2D eigenvalue weighted by Crippen LogP contribution is 2.31.